The Hall–Kier alpha value is -1.54. The van der Waals surface area contributed by atoms with Crippen molar-refractivity contribution in [1.29, 1.82) is 0 Å². The number of hydrogen-bond donors (Lipinski definition) is 0. The molecule has 82 valence electrons. The Morgan fingerprint density at radius 2 is 1.38 bits per heavy atom. The summed E-state index contributed by atoms with van der Waals surface area (Å²) in [5.41, 5.74) is 2.30. The molecule has 0 N–H and O–H groups in total. The number of hydrogen-bond acceptors (Lipinski definition) is 1. The number of rotatable bonds is 2. The molecule has 0 bridgehead atoms. The first-order chi connectivity index (χ1) is 7.57. The summed E-state index contributed by atoms with van der Waals surface area (Å²) in [6.07, 6.45) is 1.66. The third-order valence-electron chi connectivity index (χ3n) is 2.46. The van der Waals surface area contributed by atoms with E-state index in [2.05, 4.69) is 18.0 Å². The van der Waals surface area contributed by atoms with Gasteiger partial charge in [-0.2, -0.15) is 0 Å². The normalized spacial score (nSPS) is 14.3. The van der Waals surface area contributed by atoms with Crippen LogP contribution in [0.25, 0.3) is 11.1 Å². The van der Waals surface area contributed by atoms with Gasteiger partial charge in [0, 0.05) is 11.2 Å². The molecule has 1 atom stereocenters. The van der Waals surface area contributed by atoms with Crippen molar-refractivity contribution in [3.05, 3.63) is 54.6 Å². The maximum atomic E-state index is 11.7. The molecule has 0 aliphatic carbocycles. The first-order valence-corrected chi connectivity index (χ1v) is 7.19. The number of benzene rings is 2. The second-order valence-corrected chi connectivity index (χ2v) is 6.38. The van der Waals surface area contributed by atoms with E-state index in [1.165, 1.54) is 5.56 Å². The summed E-state index contributed by atoms with van der Waals surface area (Å²) >= 11 is 0. The Morgan fingerprint density at radius 3 is 1.88 bits per heavy atom. The molecular formula is C14H14OS. The fourth-order valence-electron chi connectivity index (χ4n) is 1.57. The fourth-order valence-corrected chi connectivity index (χ4v) is 2.28. The molecule has 16 heavy (non-hydrogen) atoms. The molecule has 0 aliphatic heterocycles. The van der Waals surface area contributed by atoms with E-state index in [1.54, 1.807) is 6.26 Å². The molecule has 0 aliphatic rings. The zero-order valence-electron chi connectivity index (χ0n) is 9.22. The van der Waals surface area contributed by atoms with Crippen LogP contribution in [0.5, 0.6) is 0 Å². The molecular weight excluding hydrogens is 216 g/mol. The van der Waals surface area contributed by atoms with Gasteiger partial charge in [-0.15, -0.1) is 0 Å². The summed E-state index contributed by atoms with van der Waals surface area (Å²) in [6, 6.07) is 17.9. The maximum Gasteiger partial charge on any atom is 0.0302 e. The van der Waals surface area contributed by atoms with Gasteiger partial charge in [0.25, 0.3) is 0 Å². The van der Waals surface area contributed by atoms with Crippen LogP contribution in [0.1, 0.15) is 0 Å². The quantitative estimate of drug-likeness (QED) is 0.725. The lowest BCUT2D eigenvalue weighted by molar-refractivity contribution is 0.685. The third-order valence-corrected chi connectivity index (χ3v) is 3.73. The van der Waals surface area contributed by atoms with Crippen LogP contribution in [-0.4, -0.2) is 16.3 Å². The molecule has 2 aromatic carbocycles. The largest absolute Gasteiger partial charge is 0.263 e. The predicted molar refractivity (Wildman–Crippen MR) is 71.3 cm³/mol. The second-order valence-electron chi connectivity index (χ2n) is 3.90. The summed E-state index contributed by atoms with van der Waals surface area (Å²) < 4.78 is 11.7. The molecule has 0 fully saturated rings. The van der Waals surface area contributed by atoms with Gasteiger partial charge in [-0.25, -0.2) is 0 Å². The van der Waals surface area contributed by atoms with E-state index in [9.17, 15) is 4.21 Å². The van der Waals surface area contributed by atoms with Crippen molar-refractivity contribution in [2.75, 3.05) is 6.26 Å². The Bertz CT molecular complexity index is 566. The molecule has 0 spiro atoms. The lowest BCUT2D eigenvalue weighted by Crippen LogP contribution is -1.95. The second kappa shape index (κ2) is 4.14. The zero-order valence-corrected chi connectivity index (χ0v) is 10.0. The van der Waals surface area contributed by atoms with E-state index in [4.69, 9.17) is 0 Å². The minimum atomic E-state index is -2.10. The molecule has 1 nitrogen and oxygen atoms in total. The summed E-state index contributed by atoms with van der Waals surface area (Å²) in [5, 5.41) is 0. The van der Waals surface area contributed by atoms with Gasteiger partial charge in [0.1, 0.15) is 0 Å². The van der Waals surface area contributed by atoms with Gasteiger partial charge in [-0.3, -0.25) is 4.21 Å². The van der Waals surface area contributed by atoms with Crippen LogP contribution >= 0.6 is 0 Å². The minimum Gasteiger partial charge on any atom is -0.263 e. The van der Waals surface area contributed by atoms with E-state index in [1.807, 2.05) is 42.5 Å². The van der Waals surface area contributed by atoms with Gasteiger partial charge < -0.3 is 0 Å². The van der Waals surface area contributed by atoms with Crippen molar-refractivity contribution in [2.45, 2.75) is 4.90 Å². The van der Waals surface area contributed by atoms with Gasteiger partial charge in [0.05, 0.1) is 0 Å². The Labute approximate surface area is 96.8 Å². The molecule has 0 saturated heterocycles. The Balaban J connectivity index is 2.41. The van der Waals surface area contributed by atoms with E-state index in [0.29, 0.717) is 0 Å². The lowest BCUT2D eigenvalue weighted by atomic mass is 10.1. The highest BCUT2D eigenvalue weighted by atomic mass is 32.2. The van der Waals surface area contributed by atoms with Gasteiger partial charge >= 0.3 is 0 Å². The highest BCUT2D eigenvalue weighted by Crippen LogP contribution is 2.20. The SMILES string of the molecule is C=S(C)(=O)c1ccc(-c2ccccc2)cc1. The molecule has 0 aromatic heterocycles. The van der Waals surface area contributed by atoms with E-state index < -0.39 is 9.52 Å². The van der Waals surface area contributed by atoms with Crippen LogP contribution < -0.4 is 0 Å². The van der Waals surface area contributed by atoms with Crippen molar-refractivity contribution in [3.63, 3.8) is 0 Å². The fraction of sp³-hybridized carbons (Fsp3) is 0.0714. The van der Waals surface area contributed by atoms with Crippen LogP contribution in [0, 0.1) is 0 Å². The van der Waals surface area contributed by atoms with Crippen molar-refractivity contribution in [3.8, 4) is 11.1 Å². The van der Waals surface area contributed by atoms with Gasteiger partial charge in [-0.05, 0) is 38.7 Å². The highest BCUT2D eigenvalue weighted by Gasteiger charge is 2.01. The van der Waals surface area contributed by atoms with Crippen molar-refractivity contribution in [1.82, 2.24) is 0 Å². The first kappa shape index (κ1) is 11.0. The topological polar surface area (TPSA) is 17.1 Å². The Kier molecular flexibility index (Phi) is 2.84. The van der Waals surface area contributed by atoms with Gasteiger partial charge in [0.15, 0.2) is 0 Å². The molecule has 2 aromatic rings. The van der Waals surface area contributed by atoms with Crippen molar-refractivity contribution in [2.24, 2.45) is 0 Å². The molecule has 0 saturated carbocycles. The summed E-state index contributed by atoms with van der Waals surface area (Å²) in [7, 11) is -2.10. The highest BCUT2D eigenvalue weighted by molar-refractivity contribution is 7.99. The minimum absolute atomic E-state index is 0.798. The zero-order chi connectivity index (χ0) is 11.6. The third kappa shape index (κ3) is 2.34. The lowest BCUT2D eigenvalue weighted by Gasteiger charge is -2.05. The molecule has 2 rings (SSSR count). The van der Waals surface area contributed by atoms with Crippen LogP contribution in [0.4, 0.5) is 0 Å². The molecule has 1 unspecified atom stereocenters. The monoisotopic (exact) mass is 230 g/mol. The van der Waals surface area contributed by atoms with Crippen LogP contribution in [-0.2, 0) is 9.52 Å². The first-order valence-electron chi connectivity index (χ1n) is 5.05. The van der Waals surface area contributed by atoms with Gasteiger partial charge in [-0.1, -0.05) is 42.5 Å². The molecule has 0 amide bonds. The van der Waals surface area contributed by atoms with Crippen LogP contribution in [0.3, 0.4) is 0 Å². The van der Waals surface area contributed by atoms with Gasteiger partial charge in [0.2, 0.25) is 0 Å². The molecule has 0 heterocycles. The molecule has 0 radical (unpaired) electrons. The van der Waals surface area contributed by atoms with E-state index in [-0.39, 0.29) is 0 Å². The molecule has 2 heteroatoms. The average Bonchev–Trinajstić information content (AvgIpc) is 2.29. The predicted octanol–water partition coefficient (Wildman–Crippen LogP) is 3.06. The average molecular weight is 230 g/mol. The Morgan fingerprint density at radius 1 is 0.875 bits per heavy atom. The van der Waals surface area contributed by atoms with E-state index >= 15 is 0 Å². The van der Waals surface area contributed by atoms with Crippen molar-refractivity contribution >= 4 is 15.4 Å². The van der Waals surface area contributed by atoms with Crippen LogP contribution in [0.2, 0.25) is 0 Å². The van der Waals surface area contributed by atoms with Crippen molar-refractivity contribution < 1.29 is 4.21 Å². The van der Waals surface area contributed by atoms with E-state index in [0.717, 1.165) is 10.5 Å². The standard InChI is InChI=1S/C14H14OS/c1-16(2,15)14-10-8-13(9-11-14)12-6-4-3-5-7-12/h3-11H,1H2,2H3. The summed E-state index contributed by atoms with van der Waals surface area (Å²) in [5.74, 6) is 3.67. The van der Waals surface area contributed by atoms with Crippen LogP contribution in [0.15, 0.2) is 59.5 Å². The summed E-state index contributed by atoms with van der Waals surface area (Å²) in [4.78, 5) is 0.798. The summed E-state index contributed by atoms with van der Waals surface area (Å²) in [6.45, 7) is 0. The smallest absolute Gasteiger partial charge is 0.0302 e. The maximum absolute atomic E-state index is 11.7.